The fourth-order valence-corrected chi connectivity index (χ4v) is 3.45. The molecule has 23 heavy (non-hydrogen) atoms. The van der Waals surface area contributed by atoms with E-state index in [1.165, 1.54) is 38.3 Å². The summed E-state index contributed by atoms with van der Waals surface area (Å²) in [5.74, 6) is 0. The van der Waals surface area contributed by atoms with Crippen LogP contribution in [0.2, 0.25) is 0 Å². The number of nitrogens with zero attached hydrogens (tertiary/aromatic N) is 1. The van der Waals surface area contributed by atoms with E-state index < -0.39 is 0 Å². The first-order valence-electron chi connectivity index (χ1n) is 7.80. The summed E-state index contributed by atoms with van der Waals surface area (Å²) in [6.45, 7) is 0. The molecule has 0 saturated heterocycles. The fraction of sp³-hybridized carbons (Fsp3) is 0. The van der Waals surface area contributed by atoms with Crippen LogP contribution < -0.4 is 0 Å². The minimum absolute atomic E-state index is 1.19. The number of fused-ring (bicyclic) bond motifs is 4. The van der Waals surface area contributed by atoms with Crippen molar-refractivity contribution in [2.24, 2.45) is 0 Å². The molecule has 1 heteroatoms. The van der Waals surface area contributed by atoms with E-state index in [-0.39, 0.29) is 0 Å². The summed E-state index contributed by atoms with van der Waals surface area (Å²) in [5, 5.41) is 5.07. The molecule has 0 N–H and O–H groups in total. The molecule has 5 aromatic rings. The monoisotopic (exact) mass is 292 g/mol. The van der Waals surface area contributed by atoms with E-state index in [0.29, 0.717) is 0 Å². The van der Waals surface area contributed by atoms with E-state index in [4.69, 9.17) is 0 Å². The largest absolute Gasteiger partial charge is 0.309 e. The molecule has 1 radical (unpaired) electrons. The first kappa shape index (κ1) is 12.5. The average Bonchev–Trinajstić information content (AvgIpc) is 2.94. The average molecular weight is 292 g/mol. The van der Waals surface area contributed by atoms with Crippen LogP contribution in [-0.2, 0) is 0 Å². The highest BCUT2D eigenvalue weighted by Gasteiger charge is 2.12. The Morgan fingerprint density at radius 2 is 1.39 bits per heavy atom. The Morgan fingerprint density at radius 3 is 2.22 bits per heavy atom. The molecule has 1 heterocycles. The van der Waals surface area contributed by atoms with Gasteiger partial charge in [-0.15, -0.1) is 0 Å². The molecule has 1 nitrogen and oxygen atoms in total. The smallest absolute Gasteiger partial charge is 0.0547 e. The maximum atomic E-state index is 3.23. The SMILES string of the molecule is [c]1ccc2c(c1)c1cc3ccccc3cc1n2-c1ccccc1. The van der Waals surface area contributed by atoms with Gasteiger partial charge in [0.1, 0.15) is 0 Å². The van der Waals surface area contributed by atoms with Crippen LogP contribution in [0.5, 0.6) is 0 Å². The molecule has 107 valence electrons. The number of para-hydroxylation sites is 1. The van der Waals surface area contributed by atoms with Gasteiger partial charge in [-0.3, -0.25) is 0 Å². The first-order chi connectivity index (χ1) is 11.4. The normalized spacial score (nSPS) is 11.5. The summed E-state index contributed by atoms with van der Waals surface area (Å²) >= 11 is 0. The molecular weight excluding hydrogens is 278 g/mol. The molecule has 0 atom stereocenters. The summed E-state index contributed by atoms with van der Waals surface area (Å²) in [6.07, 6.45) is 0. The quantitative estimate of drug-likeness (QED) is 0.371. The molecule has 0 bridgehead atoms. The van der Waals surface area contributed by atoms with Crippen LogP contribution in [0.4, 0.5) is 0 Å². The lowest BCUT2D eigenvalue weighted by Gasteiger charge is -2.08. The van der Waals surface area contributed by atoms with Crippen molar-refractivity contribution < 1.29 is 0 Å². The highest BCUT2D eigenvalue weighted by Crippen LogP contribution is 2.34. The fourth-order valence-electron chi connectivity index (χ4n) is 3.45. The van der Waals surface area contributed by atoms with E-state index in [1.54, 1.807) is 0 Å². The first-order valence-corrected chi connectivity index (χ1v) is 7.80. The number of hydrogen-bond donors (Lipinski definition) is 0. The standard InChI is InChI=1S/C22H14N/c1-2-10-18(11-3-1)23-21-13-7-6-12-19(21)20-14-16-8-4-5-9-17(16)15-22(20)23/h1-5,7-15H. The van der Waals surface area contributed by atoms with Gasteiger partial charge in [0, 0.05) is 16.5 Å². The second kappa shape index (κ2) is 4.72. The zero-order chi connectivity index (χ0) is 15.2. The minimum atomic E-state index is 1.19. The highest BCUT2D eigenvalue weighted by atomic mass is 15.0. The van der Waals surface area contributed by atoms with Gasteiger partial charge in [0.05, 0.1) is 11.0 Å². The maximum Gasteiger partial charge on any atom is 0.0547 e. The molecule has 0 saturated carbocycles. The van der Waals surface area contributed by atoms with Gasteiger partial charge in [-0.1, -0.05) is 48.5 Å². The third kappa shape index (κ3) is 1.80. The topological polar surface area (TPSA) is 4.93 Å². The molecule has 0 amide bonds. The van der Waals surface area contributed by atoms with Crippen LogP contribution in [0.3, 0.4) is 0 Å². The van der Waals surface area contributed by atoms with Crippen molar-refractivity contribution in [1.29, 1.82) is 0 Å². The molecule has 0 fully saturated rings. The molecule has 5 rings (SSSR count). The van der Waals surface area contributed by atoms with Gasteiger partial charge >= 0.3 is 0 Å². The van der Waals surface area contributed by atoms with Crippen molar-refractivity contribution in [3.05, 3.63) is 91.0 Å². The van der Waals surface area contributed by atoms with E-state index in [2.05, 4.69) is 89.5 Å². The van der Waals surface area contributed by atoms with Gasteiger partial charge in [-0.2, -0.15) is 0 Å². The molecule has 0 unspecified atom stereocenters. The van der Waals surface area contributed by atoms with E-state index in [9.17, 15) is 0 Å². The van der Waals surface area contributed by atoms with Gasteiger partial charge in [-0.25, -0.2) is 0 Å². The zero-order valence-corrected chi connectivity index (χ0v) is 12.5. The Hall–Kier alpha value is -3.06. The molecule has 0 aliphatic rings. The van der Waals surface area contributed by atoms with Gasteiger partial charge < -0.3 is 4.57 Å². The van der Waals surface area contributed by atoms with Crippen LogP contribution in [0.15, 0.2) is 84.9 Å². The summed E-state index contributed by atoms with van der Waals surface area (Å²) in [5.41, 5.74) is 3.65. The minimum Gasteiger partial charge on any atom is -0.309 e. The van der Waals surface area contributed by atoms with Gasteiger partial charge in [-0.05, 0) is 53.2 Å². The van der Waals surface area contributed by atoms with Crippen molar-refractivity contribution in [2.75, 3.05) is 0 Å². The number of aromatic nitrogens is 1. The summed E-state index contributed by atoms with van der Waals surface area (Å²) in [6, 6.07) is 33.1. The second-order valence-corrected chi connectivity index (χ2v) is 5.83. The van der Waals surface area contributed by atoms with Crippen LogP contribution in [0.25, 0.3) is 38.3 Å². The highest BCUT2D eigenvalue weighted by molar-refractivity contribution is 6.13. The van der Waals surface area contributed by atoms with E-state index in [0.717, 1.165) is 0 Å². The molecule has 0 aliphatic heterocycles. The van der Waals surface area contributed by atoms with E-state index in [1.807, 2.05) is 6.07 Å². The van der Waals surface area contributed by atoms with Gasteiger partial charge in [0.25, 0.3) is 0 Å². The van der Waals surface area contributed by atoms with Crippen molar-refractivity contribution in [3.8, 4) is 5.69 Å². The van der Waals surface area contributed by atoms with Gasteiger partial charge in [0.15, 0.2) is 0 Å². The van der Waals surface area contributed by atoms with Crippen LogP contribution in [0, 0.1) is 6.07 Å². The predicted octanol–water partition coefficient (Wildman–Crippen LogP) is 5.74. The Morgan fingerprint density at radius 1 is 0.652 bits per heavy atom. The van der Waals surface area contributed by atoms with Crippen molar-refractivity contribution in [1.82, 2.24) is 4.57 Å². The Balaban J connectivity index is 2.03. The van der Waals surface area contributed by atoms with Crippen molar-refractivity contribution in [2.45, 2.75) is 0 Å². The lowest BCUT2D eigenvalue weighted by Crippen LogP contribution is -1.92. The van der Waals surface area contributed by atoms with Crippen LogP contribution in [-0.4, -0.2) is 4.57 Å². The molecule has 1 aromatic heterocycles. The van der Waals surface area contributed by atoms with Gasteiger partial charge in [0.2, 0.25) is 0 Å². The molecule has 4 aromatic carbocycles. The number of hydrogen-bond acceptors (Lipinski definition) is 0. The van der Waals surface area contributed by atoms with Crippen molar-refractivity contribution in [3.63, 3.8) is 0 Å². The van der Waals surface area contributed by atoms with E-state index >= 15 is 0 Å². The summed E-state index contributed by atoms with van der Waals surface area (Å²) < 4.78 is 2.34. The van der Waals surface area contributed by atoms with Crippen LogP contribution in [0.1, 0.15) is 0 Å². The third-order valence-electron chi connectivity index (χ3n) is 4.49. The molecule has 0 spiro atoms. The Labute approximate surface area is 134 Å². The zero-order valence-electron chi connectivity index (χ0n) is 12.5. The lowest BCUT2D eigenvalue weighted by molar-refractivity contribution is 1.18. The summed E-state index contributed by atoms with van der Waals surface area (Å²) in [7, 11) is 0. The number of benzene rings is 4. The predicted molar refractivity (Wildman–Crippen MR) is 97.1 cm³/mol. The third-order valence-corrected chi connectivity index (χ3v) is 4.49. The Bertz CT molecular complexity index is 1150. The maximum absolute atomic E-state index is 3.23. The molecular formula is C22H14N. The number of rotatable bonds is 1. The Kier molecular flexibility index (Phi) is 2.56. The second-order valence-electron chi connectivity index (χ2n) is 5.83. The summed E-state index contributed by atoms with van der Waals surface area (Å²) in [4.78, 5) is 0. The van der Waals surface area contributed by atoms with Crippen LogP contribution >= 0.6 is 0 Å². The lowest BCUT2D eigenvalue weighted by atomic mass is 10.1. The van der Waals surface area contributed by atoms with Crippen molar-refractivity contribution >= 4 is 32.6 Å². The molecule has 0 aliphatic carbocycles.